The lowest BCUT2D eigenvalue weighted by atomic mass is 10.1. The molecule has 13 heteroatoms. The van der Waals surface area contributed by atoms with Crippen LogP contribution in [0.1, 0.15) is 33.2 Å². The molecule has 1 aromatic heterocycles. The topological polar surface area (TPSA) is 150 Å². The van der Waals surface area contributed by atoms with Crippen LogP contribution in [0.2, 0.25) is 5.02 Å². The van der Waals surface area contributed by atoms with Gasteiger partial charge in [0.05, 0.1) is 29.7 Å². The zero-order valence-corrected chi connectivity index (χ0v) is 22.0. The highest BCUT2D eigenvalue weighted by molar-refractivity contribution is 7.90. The van der Waals surface area contributed by atoms with Gasteiger partial charge in [0, 0.05) is 23.8 Å². The number of sulfonamides is 1. The number of nitrogens with zero attached hydrogens (tertiary/aromatic N) is 1. The normalized spacial score (nSPS) is 10.8. The van der Waals surface area contributed by atoms with Crippen molar-refractivity contribution in [2.75, 3.05) is 20.3 Å². The first kappa shape index (κ1) is 28.4. The van der Waals surface area contributed by atoms with Gasteiger partial charge in [0.15, 0.2) is 0 Å². The number of nitrogens with one attached hydrogen (secondary N) is 2. The Labute approximate surface area is 224 Å². The number of carbonyl (C=O) groups is 3. The van der Waals surface area contributed by atoms with E-state index < -0.39 is 22.1 Å². The van der Waals surface area contributed by atoms with E-state index in [0.29, 0.717) is 22.8 Å². The second kappa shape index (κ2) is 12.9. The molecular weight excluding hydrogens is 538 g/mol. The average Bonchev–Trinajstić information content (AvgIpc) is 2.89. The van der Waals surface area contributed by atoms with E-state index in [9.17, 15) is 22.8 Å². The molecule has 2 amide bonds. The van der Waals surface area contributed by atoms with Crippen molar-refractivity contribution in [1.29, 1.82) is 0 Å². The molecule has 0 spiro atoms. The van der Waals surface area contributed by atoms with Crippen molar-refractivity contribution in [3.8, 4) is 11.6 Å². The first-order valence-electron chi connectivity index (χ1n) is 11.2. The molecule has 0 aliphatic heterocycles. The minimum absolute atomic E-state index is 0.0616. The van der Waals surface area contributed by atoms with Crippen LogP contribution in [-0.2, 0) is 21.2 Å². The van der Waals surface area contributed by atoms with Gasteiger partial charge in [-0.1, -0.05) is 23.7 Å². The molecule has 0 saturated heterocycles. The smallest absolute Gasteiger partial charge is 0.496 e. The predicted molar refractivity (Wildman–Crippen MR) is 137 cm³/mol. The summed E-state index contributed by atoms with van der Waals surface area (Å²) in [5, 5.41) is 3.16. The molecule has 38 heavy (non-hydrogen) atoms. The van der Waals surface area contributed by atoms with Crippen LogP contribution >= 0.6 is 11.6 Å². The molecule has 3 rings (SSSR count). The first-order valence-corrected chi connectivity index (χ1v) is 13.1. The Morgan fingerprint density at radius 1 is 1.00 bits per heavy atom. The average molecular weight is 562 g/mol. The highest BCUT2D eigenvalue weighted by Crippen LogP contribution is 2.22. The summed E-state index contributed by atoms with van der Waals surface area (Å²) in [6.45, 7) is 2.01. The van der Waals surface area contributed by atoms with Crippen molar-refractivity contribution in [3.05, 3.63) is 82.5 Å². The van der Waals surface area contributed by atoms with Crippen LogP contribution in [0.5, 0.6) is 11.6 Å². The molecule has 0 unspecified atom stereocenters. The number of pyridine rings is 1. The van der Waals surface area contributed by atoms with Crippen LogP contribution in [0.25, 0.3) is 0 Å². The van der Waals surface area contributed by atoms with Gasteiger partial charge in [0.25, 0.3) is 21.8 Å². The van der Waals surface area contributed by atoms with E-state index in [1.54, 1.807) is 31.2 Å². The molecule has 0 atom stereocenters. The van der Waals surface area contributed by atoms with Crippen molar-refractivity contribution >= 4 is 39.6 Å². The maximum absolute atomic E-state index is 12.6. The minimum Gasteiger partial charge on any atom is -0.496 e. The van der Waals surface area contributed by atoms with Gasteiger partial charge in [0.1, 0.15) is 5.75 Å². The fraction of sp³-hybridized carbons (Fsp3) is 0.200. The fourth-order valence-electron chi connectivity index (χ4n) is 3.16. The summed E-state index contributed by atoms with van der Waals surface area (Å²) >= 11 is 5.96. The molecule has 0 aliphatic rings. The number of halogens is 1. The van der Waals surface area contributed by atoms with E-state index in [2.05, 4.69) is 15.0 Å². The van der Waals surface area contributed by atoms with Crippen LogP contribution in [0.3, 0.4) is 0 Å². The summed E-state index contributed by atoms with van der Waals surface area (Å²) in [5.41, 5.74) is 0.997. The van der Waals surface area contributed by atoms with Gasteiger partial charge in [-0.15, -0.1) is 0 Å². The number of ether oxygens (including phenoxy) is 3. The van der Waals surface area contributed by atoms with Crippen molar-refractivity contribution < 1.29 is 37.0 Å². The lowest BCUT2D eigenvalue weighted by Crippen LogP contribution is -2.30. The van der Waals surface area contributed by atoms with Gasteiger partial charge in [0.2, 0.25) is 5.88 Å². The second-order valence-corrected chi connectivity index (χ2v) is 9.72. The van der Waals surface area contributed by atoms with Crippen LogP contribution in [0.4, 0.5) is 4.79 Å². The van der Waals surface area contributed by atoms with Crippen LogP contribution < -0.4 is 19.5 Å². The monoisotopic (exact) mass is 561 g/mol. The van der Waals surface area contributed by atoms with E-state index in [-0.39, 0.29) is 35.4 Å². The summed E-state index contributed by atoms with van der Waals surface area (Å²) < 4.78 is 41.8. The standard InChI is InChI=1S/C25H24ClN3O8S/c1-3-36-25(32)37-22-11-6-17(15-28-22)23(30)29-38(33,34)19-8-4-16(5-9-19)12-13-27-24(31)20-14-18(26)7-10-21(20)35-2/h4-11,14-15H,3,12-13H2,1-2H3,(H,27,31)(H,29,30). The number of amides is 2. The van der Waals surface area contributed by atoms with Crippen LogP contribution in [0, 0.1) is 0 Å². The van der Waals surface area contributed by atoms with Crippen LogP contribution in [-0.4, -0.2) is 51.6 Å². The van der Waals surface area contributed by atoms with Gasteiger partial charge in [-0.05, 0) is 55.3 Å². The number of rotatable bonds is 10. The second-order valence-electron chi connectivity index (χ2n) is 7.60. The number of hydrogen-bond donors (Lipinski definition) is 2. The van der Waals surface area contributed by atoms with Crippen molar-refractivity contribution in [2.24, 2.45) is 0 Å². The Morgan fingerprint density at radius 3 is 2.37 bits per heavy atom. The van der Waals surface area contributed by atoms with Crippen molar-refractivity contribution in [3.63, 3.8) is 0 Å². The van der Waals surface area contributed by atoms with Gasteiger partial charge < -0.3 is 19.5 Å². The maximum atomic E-state index is 12.6. The molecule has 0 aliphatic carbocycles. The number of hydrogen-bond acceptors (Lipinski definition) is 9. The largest absolute Gasteiger partial charge is 0.515 e. The quantitative estimate of drug-likeness (QED) is 0.355. The van der Waals surface area contributed by atoms with E-state index >= 15 is 0 Å². The zero-order valence-electron chi connectivity index (χ0n) is 20.4. The highest BCUT2D eigenvalue weighted by atomic mass is 35.5. The Bertz CT molecular complexity index is 1410. The van der Waals surface area contributed by atoms with E-state index in [1.165, 1.54) is 37.4 Å². The Kier molecular flexibility index (Phi) is 9.63. The van der Waals surface area contributed by atoms with Crippen LogP contribution in [0.15, 0.2) is 65.7 Å². The fourth-order valence-corrected chi connectivity index (χ4v) is 4.30. The van der Waals surface area contributed by atoms with Gasteiger partial charge >= 0.3 is 6.16 Å². The molecule has 1 heterocycles. The lowest BCUT2D eigenvalue weighted by molar-refractivity contribution is 0.0947. The summed E-state index contributed by atoms with van der Waals surface area (Å²) in [4.78, 5) is 39.8. The molecule has 0 radical (unpaired) electrons. The maximum Gasteiger partial charge on any atom is 0.515 e. The summed E-state index contributed by atoms with van der Waals surface area (Å²) in [6.07, 6.45) is 0.537. The SMILES string of the molecule is CCOC(=O)Oc1ccc(C(=O)NS(=O)(=O)c2ccc(CCNC(=O)c3cc(Cl)ccc3OC)cc2)cn1. The summed E-state index contributed by atoms with van der Waals surface area (Å²) in [5.74, 6) is -0.994. The Balaban J connectivity index is 1.55. The van der Waals surface area contributed by atoms with Gasteiger partial charge in [-0.25, -0.2) is 22.9 Å². The molecule has 3 aromatic rings. The molecule has 2 N–H and O–H groups in total. The zero-order chi connectivity index (χ0) is 27.7. The molecule has 11 nitrogen and oxygen atoms in total. The van der Waals surface area contributed by atoms with Gasteiger partial charge in [-0.3, -0.25) is 9.59 Å². The third kappa shape index (κ3) is 7.67. The number of aromatic nitrogens is 1. The first-order chi connectivity index (χ1) is 18.1. The molecule has 0 fully saturated rings. The number of carbonyl (C=O) groups excluding carboxylic acids is 3. The molecule has 0 saturated carbocycles. The van der Waals surface area contributed by atoms with Crippen molar-refractivity contribution in [1.82, 2.24) is 15.0 Å². The molecule has 200 valence electrons. The van der Waals surface area contributed by atoms with E-state index in [1.807, 2.05) is 4.72 Å². The van der Waals surface area contributed by atoms with E-state index in [0.717, 1.165) is 11.8 Å². The minimum atomic E-state index is -4.17. The number of benzene rings is 2. The third-order valence-corrected chi connectivity index (χ3v) is 6.60. The summed E-state index contributed by atoms with van der Waals surface area (Å²) in [7, 11) is -2.72. The highest BCUT2D eigenvalue weighted by Gasteiger charge is 2.19. The molecular formula is C25H24ClN3O8S. The molecule has 0 bridgehead atoms. The van der Waals surface area contributed by atoms with Crippen molar-refractivity contribution in [2.45, 2.75) is 18.2 Å². The summed E-state index contributed by atoms with van der Waals surface area (Å²) in [6, 6.07) is 13.1. The lowest BCUT2D eigenvalue weighted by Gasteiger charge is -2.10. The predicted octanol–water partition coefficient (Wildman–Crippen LogP) is 3.37. The van der Waals surface area contributed by atoms with E-state index in [4.69, 9.17) is 21.1 Å². The van der Waals surface area contributed by atoms with Gasteiger partial charge in [-0.2, -0.15) is 0 Å². The number of methoxy groups -OCH3 is 1. The Hall–Kier alpha value is -4.16. The Morgan fingerprint density at radius 2 is 1.74 bits per heavy atom. The molecule has 2 aromatic carbocycles. The third-order valence-electron chi connectivity index (χ3n) is 5.01.